The van der Waals surface area contributed by atoms with Gasteiger partial charge in [0.15, 0.2) is 49.2 Å². The zero-order valence-corrected chi connectivity index (χ0v) is 50.0. The summed E-state index contributed by atoms with van der Waals surface area (Å²) in [6, 6.07) is 0. The van der Waals surface area contributed by atoms with Gasteiger partial charge in [-0.1, -0.05) is 34.6 Å². The number of carbonyl (C=O) groups is 8. The van der Waals surface area contributed by atoms with Crippen molar-refractivity contribution in [3.8, 4) is 0 Å². The Hall–Kier alpha value is -4.52. The average Bonchev–Trinajstić information content (AvgIpc) is 2.20. The lowest BCUT2D eigenvalue weighted by molar-refractivity contribution is -0.350. The molecule has 0 aromatic carbocycles. The highest BCUT2D eigenvalue weighted by molar-refractivity contribution is 5.70. The number of rotatable bonds is 16. The normalized spacial score (nSPS) is 42.5. The first-order valence-electron chi connectivity index (χ1n) is 28.5. The quantitative estimate of drug-likeness (QED) is 0.116. The Balaban J connectivity index is 1.30. The first kappa shape index (κ1) is 64.0. The van der Waals surface area contributed by atoms with Gasteiger partial charge < -0.3 is 71.8 Å². The Labute approximate surface area is 474 Å². The van der Waals surface area contributed by atoms with Gasteiger partial charge in [-0.3, -0.25) is 38.4 Å². The van der Waals surface area contributed by atoms with Crippen molar-refractivity contribution in [2.75, 3.05) is 13.2 Å². The molecule has 3 saturated heterocycles. The second-order valence-corrected chi connectivity index (χ2v) is 25.9. The van der Waals surface area contributed by atoms with E-state index in [2.05, 4.69) is 34.6 Å². The third kappa shape index (κ3) is 12.2. The Morgan fingerprint density at radius 1 is 0.519 bits per heavy atom. The summed E-state index contributed by atoms with van der Waals surface area (Å²) in [4.78, 5) is 101. The van der Waals surface area contributed by atoms with E-state index in [0.29, 0.717) is 25.7 Å². The van der Waals surface area contributed by atoms with Crippen molar-refractivity contribution in [1.29, 1.82) is 0 Å². The van der Waals surface area contributed by atoms with Gasteiger partial charge in [-0.2, -0.15) is 0 Å². The Morgan fingerprint density at radius 2 is 0.975 bits per heavy atom. The molecule has 21 atom stereocenters. The lowest BCUT2D eigenvalue weighted by atomic mass is 9.35. The van der Waals surface area contributed by atoms with Crippen molar-refractivity contribution < 1.29 is 110 Å². The van der Waals surface area contributed by atoms with E-state index in [1.165, 1.54) is 13.8 Å². The number of carbonyl (C=O) groups excluding carboxylic acids is 8. The number of fused-ring (bicyclic) bond motifs is 5. The number of ether oxygens (including phenoxy) is 13. The zero-order chi connectivity index (χ0) is 60.3. The summed E-state index contributed by atoms with van der Waals surface area (Å²) in [5, 5.41) is 25.7. The zero-order valence-electron chi connectivity index (χ0n) is 50.0. The molecule has 0 aromatic heterocycles. The van der Waals surface area contributed by atoms with Crippen LogP contribution in [0.5, 0.6) is 0 Å². The largest absolute Gasteiger partial charge is 0.463 e. The maximum absolute atomic E-state index is 14.2. The maximum Gasteiger partial charge on any atom is 0.303 e. The molecule has 0 radical (unpaired) electrons. The monoisotopic (exact) mass is 1150 g/mol. The van der Waals surface area contributed by atoms with E-state index in [9.17, 15) is 48.6 Å². The van der Waals surface area contributed by atoms with Crippen LogP contribution in [0.15, 0.2) is 0 Å². The highest BCUT2D eigenvalue weighted by Crippen LogP contribution is 2.77. The van der Waals surface area contributed by atoms with Crippen molar-refractivity contribution >= 4 is 47.8 Å². The number of aliphatic hydroxyl groups is 2. The second kappa shape index (κ2) is 23.5. The minimum absolute atomic E-state index is 0.0752. The number of esters is 8. The molecule has 81 heavy (non-hydrogen) atoms. The predicted octanol–water partition coefficient (Wildman–Crippen LogP) is 5.04. The molecule has 0 aromatic rings. The topological polar surface area (TPSA) is 297 Å². The van der Waals surface area contributed by atoms with Gasteiger partial charge in [0.1, 0.15) is 25.4 Å². The molecule has 0 unspecified atom stereocenters. The molecular formula is C58H88O23. The van der Waals surface area contributed by atoms with Crippen LogP contribution >= 0.6 is 0 Å². The van der Waals surface area contributed by atoms with E-state index in [-0.39, 0.29) is 30.1 Å². The Morgan fingerprint density at radius 3 is 1.46 bits per heavy atom. The lowest BCUT2D eigenvalue weighted by Crippen LogP contribution is -2.71. The summed E-state index contributed by atoms with van der Waals surface area (Å²) in [7, 11) is 0. The Kier molecular flexibility index (Phi) is 18.6. The van der Waals surface area contributed by atoms with E-state index in [1.807, 2.05) is 6.92 Å². The van der Waals surface area contributed by atoms with E-state index in [0.717, 1.165) is 60.8 Å². The van der Waals surface area contributed by atoms with Crippen LogP contribution in [0, 0.1) is 39.4 Å². The second-order valence-electron chi connectivity index (χ2n) is 25.9. The molecule has 7 fully saturated rings. The summed E-state index contributed by atoms with van der Waals surface area (Å²) >= 11 is 0. The Bertz CT molecular complexity index is 2410. The summed E-state index contributed by atoms with van der Waals surface area (Å²) in [5.41, 5.74) is -6.36. The molecule has 7 aliphatic rings. The molecular weight excluding hydrogens is 1060 g/mol. The molecule has 23 nitrogen and oxygen atoms in total. The molecule has 7 rings (SSSR count). The van der Waals surface area contributed by atoms with Crippen molar-refractivity contribution in [2.45, 2.75) is 265 Å². The van der Waals surface area contributed by atoms with Crippen LogP contribution in [0.25, 0.3) is 0 Å². The molecule has 2 N–H and O–H groups in total. The third-order valence-electron chi connectivity index (χ3n) is 20.0. The minimum atomic E-state index is -1.70. The molecule has 3 heterocycles. The lowest BCUT2D eigenvalue weighted by Gasteiger charge is -2.71. The summed E-state index contributed by atoms with van der Waals surface area (Å²) in [6.45, 7) is 24.6. The fraction of sp³-hybridized carbons (Fsp3) is 0.862. The van der Waals surface area contributed by atoms with Crippen LogP contribution in [0.2, 0.25) is 0 Å². The molecule has 0 spiro atoms. The van der Waals surface area contributed by atoms with Gasteiger partial charge in [0.2, 0.25) is 0 Å². The van der Waals surface area contributed by atoms with Gasteiger partial charge in [0.25, 0.3) is 0 Å². The van der Waals surface area contributed by atoms with Crippen LogP contribution in [-0.2, 0) is 99.9 Å². The fourth-order valence-electron chi connectivity index (χ4n) is 16.3. The van der Waals surface area contributed by atoms with Gasteiger partial charge >= 0.3 is 47.8 Å². The predicted molar refractivity (Wildman–Crippen MR) is 278 cm³/mol. The van der Waals surface area contributed by atoms with Crippen molar-refractivity contribution in [1.82, 2.24) is 0 Å². The summed E-state index contributed by atoms with van der Waals surface area (Å²) in [6.07, 6.45) is -12.3. The van der Waals surface area contributed by atoms with Gasteiger partial charge in [0.05, 0.1) is 35.1 Å². The standard InChI is InChI=1S/C58H88O23/c1-28(59)69-26-37-43(71-30(3)61)45(73-32(5)63)47(75-34(7)65)50(78-37)77-36-25-40-54(13)20-18-41(67)52(9,10)39(54)17-21-55(40,14)56(15)23-24-58(68,49(36)56)57(16)22-19-42(80-57)53(11,12)81-51-48(76-35(8)66)46(74-33(6)64)44(72-31(4)62)38(79-51)27-70-29(2)60/h36-51,67-68H,17-27H2,1-16H3/t36-,37-,38-,39+,40-,41-,42-,43-,44-,45+,46+,47-,48-,49+,50-,51+,54+,55-,56-,57+,58-/m1/s1. The van der Waals surface area contributed by atoms with Crippen LogP contribution in [0.4, 0.5) is 0 Å². The van der Waals surface area contributed by atoms with Gasteiger partial charge in [-0.15, -0.1) is 0 Å². The van der Waals surface area contributed by atoms with Gasteiger partial charge in [-0.05, 0) is 112 Å². The molecule has 458 valence electrons. The highest BCUT2D eigenvalue weighted by Gasteiger charge is 2.77. The van der Waals surface area contributed by atoms with E-state index >= 15 is 0 Å². The number of aliphatic hydroxyl groups excluding tert-OH is 1. The van der Waals surface area contributed by atoms with Crippen LogP contribution in [0.1, 0.15) is 169 Å². The molecule has 23 heteroatoms. The number of hydrogen-bond acceptors (Lipinski definition) is 23. The smallest absolute Gasteiger partial charge is 0.303 e. The van der Waals surface area contributed by atoms with Gasteiger partial charge in [0, 0.05) is 61.3 Å². The van der Waals surface area contributed by atoms with E-state index in [1.54, 1.807) is 13.8 Å². The van der Waals surface area contributed by atoms with E-state index < -0.39 is 180 Å². The average molecular weight is 1150 g/mol. The van der Waals surface area contributed by atoms with Crippen LogP contribution < -0.4 is 0 Å². The minimum Gasteiger partial charge on any atom is -0.463 e. The van der Waals surface area contributed by atoms with E-state index in [4.69, 9.17) is 61.6 Å². The first-order valence-corrected chi connectivity index (χ1v) is 28.5. The van der Waals surface area contributed by atoms with Crippen LogP contribution in [-0.4, -0.2) is 168 Å². The molecule has 4 saturated carbocycles. The van der Waals surface area contributed by atoms with Gasteiger partial charge in [-0.25, -0.2) is 0 Å². The third-order valence-corrected chi connectivity index (χ3v) is 20.0. The highest BCUT2D eigenvalue weighted by atomic mass is 16.8. The van der Waals surface area contributed by atoms with Crippen molar-refractivity contribution in [3.05, 3.63) is 0 Å². The molecule has 0 bridgehead atoms. The summed E-state index contributed by atoms with van der Waals surface area (Å²) < 4.78 is 79.6. The fourth-order valence-corrected chi connectivity index (χ4v) is 16.3. The molecule has 3 aliphatic heterocycles. The van der Waals surface area contributed by atoms with Crippen LogP contribution in [0.3, 0.4) is 0 Å². The first-order chi connectivity index (χ1) is 37.4. The number of hydrogen-bond donors (Lipinski definition) is 2. The SMILES string of the molecule is CC(=O)OC[C@H]1O[C@@H](O[C@@H]2C[C@@H]3[C@@]4(C)CC[C@@H](O)C(C)(C)[C@@H]4CC[C@@]3(C)[C@]3(C)CC[C@](O)([C@]4(C)CC[C@H](C(C)(C)O[C@@H]5O[C@H](COC(C)=O)[C@@H](OC(C)=O)[C@H](OC(C)=O)[C@H]5OC(C)=O)O4)[C@@H]23)[C@H](OC(C)=O)[C@@H](OC(C)=O)[C@@H]1OC(C)=O. The van der Waals surface area contributed by atoms with Crippen molar-refractivity contribution in [3.63, 3.8) is 0 Å². The molecule has 0 amide bonds. The summed E-state index contributed by atoms with van der Waals surface area (Å²) in [5.74, 6) is -6.90. The van der Waals surface area contributed by atoms with Crippen molar-refractivity contribution in [2.24, 2.45) is 39.4 Å². The maximum atomic E-state index is 14.2. The molecule has 4 aliphatic carbocycles.